The third-order valence-corrected chi connectivity index (χ3v) is 7.14. The van der Waals surface area contributed by atoms with E-state index in [1.807, 2.05) is 0 Å². The van der Waals surface area contributed by atoms with Crippen molar-refractivity contribution in [2.75, 3.05) is 30.8 Å². The summed E-state index contributed by atoms with van der Waals surface area (Å²) in [7, 11) is -1.10. The summed E-state index contributed by atoms with van der Waals surface area (Å²) in [4.78, 5) is 29.8. The van der Waals surface area contributed by atoms with Crippen LogP contribution in [0.3, 0.4) is 0 Å². The van der Waals surface area contributed by atoms with Crippen LogP contribution >= 0.6 is 0 Å². The minimum Gasteiger partial charge on any atom is -0.444 e. The number of ether oxygens (including phenoxy) is 1. The average molecular weight is 558 g/mol. The number of nitrogens with one attached hydrogen (secondary N) is 5. The fraction of sp³-hybridized carbons (Fsp3) is 0.462. The lowest BCUT2D eigenvalue weighted by Crippen LogP contribution is -2.51. The Hall–Kier alpha value is -3.89. The Morgan fingerprint density at radius 3 is 2.54 bits per heavy atom. The molecule has 0 unspecified atom stereocenters. The van der Waals surface area contributed by atoms with E-state index < -0.39 is 33.5 Å². The van der Waals surface area contributed by atoms with Crippen LogP contribution in [0.1, 0.15) is 51.2 Å². The second-order valence-corrected chi connectivity index (χ2v) is 11.4. The van der Waals surface area contributed by atoms with E-state index in [1.165, 1.54) is 18.3 Å². The van der Waals surface area contributed by atoms with E-state index in [-0.39, 0.29) is 22.7 Å². The first-order chi connectivity index (χ1) is 18.4. The number of nitriles is 1. The smallest absolute Gasteiger partial charge is 0.410 e. The molecule has 3 rings (SSSR count). The van der Waals surface area contributed by atoms with Crippen molar-refractivity contribution in [1.82, 2.24) is 15.2 Å². The molecule has 210 valence electrons. The van der Waals surface area contributed by atoms with Crippen molar-refractivity contribution in [2.24, 2.45) is 0 Å². The number of hydrogen-bond donors (Lipinski definition) is 6. The molecule has 1 aliphatic rings. The first kappa shape index (κ1) is 29.7. The highest BCUT2D eigenvalue weighted by Gasteiger charge is 2.38. The van der Waals surface area contributed by atoms with Crippen molar-refractivity contribution in [3.8, 4) is 6.07 Å². The van der Waals surface area contributed by atoms with Gasteiger partial charge in [-0.15, -0.1) is 0 Å². The van der Waals surface area contributed by atoms with E-state index in [9.17, 15) is 23.3 Å². The van der Waals surface area contributed by atoms with E-state index in [4.69, 9.17) is 10.1 Å². The Balaban J connectivity index is 1.84. The number of nitrogens with zero attached hydrogens (tertiary/aromatic N) is 2. The Morgan fingerprint density at radius 1 is 1.26 bits per heavy atom. The number of pyridine rings is 1. The lowest BCUT2D eigenvalue weighted by Gasteiger charge is -2.42. The summed E-state index contributed by atoms with van der Waals surface area (Å²) in [6.45, 7) is 6.43. The third kappa shape index (κ3) is 7.58. The van der Waals surface area contributed by atoms with Crippen molar-refractivity contribution in [2.45, 2.75) is 62.6 Å². The summed E-state index contributed by atoms with van der Waals surface area (Å²) in [6, 6.07) is 8.42. The Kier molecular flexibility index (Phi) is 9.36. The molecule has 13 heteroatoms. The maximum absolute atomic E-state index is 12.9. The van der Waals surface area contributed by atoms with Gasteiger partial charge in [-0.2, -0.15) is 5.26 Å². The average Bonchev–Trinajstić information content (AvgIpc) is 2.84. The minimum atomic E-state index is -2.79. The minimum absolute atomic E-state index is 0.0403. The molecule has 0 saturated carbocycles. The Bertz CT molecular complexity index is 1390. The van der Waals surface area contributed by atoms with Gasteiger partial charge >= 0.3 is 6.09 Å². The first-order valence-corrected chi connectivity index (χ1v) is 13.7. The topological polar surface area (TPSA) is 180 Å². The van der Waals surface area contributed by atoms with Gasteiger partial charge in [0.2, 0.25) is 0 Å². The number of amides is 1. The predicted molar refractivity (Wildman–Crippen MR) is 149 cm³/mol. The van der Waals surface area contributed by atoms with E-state index in [1.54, 1.807) is 44.9 Å². The number of anilines is 2. The summed E-state index contributed by atoms with van der Waals surface area (Å²) >= 11 is 0. The lowest BCUT2D eigenvalue weighted by molar-refractivity contribution is 0.0179. The van der Waals surface area contributed by atoms with E-state index >= 15 is 0 Å². The Morgan fingerprint density at radius 2 is 1.95 bits per heavy atom. The molecule has 1 aromatic carbocycles. The van der Waals surface area contributed by atoms with Gasteiger partial charge < -0.3 is 30.6 Å². The fourth-order valence-corrected chi connectivity index (χ4v) is 5.01. The molecule has 2 heterocycles. The van der Waals surface area contributed by atoms with Gasteiger partial charge in [0.25, 0.3) is 5.56 Å². The van der Waals surface area contributed by atoms with Gasteiger partial charge in [-0.3, -0.25) is 10.2 Å². The zero-order chi connectivity index (χ0) is 28.8. The molecule has 0 aliphatic carbocycles. The molecule has 1 aromatic heterocycles. The Labute approximate surface area is 229 Å². The highest BCUT2D eigenvalue weighted by Crippen LogP contribution is 2.31. The molecule has 0 spiro atoms. The van der Waals surface area contributed by atoms with Crippen LogP contribution in [0.25, 0.3) is 0 Å². The summed E-state index contributed by atoms with van der Waals surface area (Å²) in [6.07, 6.45) is 2.05. The van der Waals surface area contributed by atoms with Crippen LogP contribution in [0.15, 0.2) is 40.2 Å². The number of thiol groups is 1. The normalized spacial score (nSPS) is 14.9. The van der Waals surface area contributed by atoms with E-state index in [0.29, 0.717) is 49.4 Å². The van der Waals surface area contributed by atoms with Crippen LogP contribution in [0.2, 0.25) is 0 Å². The number of piperidine rings is 1. The van der Waals surface area contributed by atoms with Crippen LogP contribution in [0.5, 0.6) is 0 Å². The van der Waals surface area contributed by atoms with Gasteiger partial charge in [0.1, 0.15) is 17.0 Å². The van der Waals surface area contributed by atoms with Crippen LogP contribution < -0.4 is 21.5 Å². The molecule has 0 atom stereocenters. The van der Waals surface area contributed by atoms with Crippen molar-refractivity contribution >= 4 is 34.0 Å². The van der Waals surface area contributed by atoms with Crippen LogP contribution in [0, 0.1) is 16.7 Å². The van der Waals surface area contributed by atoms with Crippen LogP contribution in [0.4, 0.5) is 16.2 Å². The molecule has 1 amide bonds. The molecular formula is C26H35N7O5S. The maximum Gasteiger partial charge on any atom is 0.410 e. The van der Waals surface area contributed by atoms with Crippen molar-refractivity contribution in [1.29, 1.82) is 10.7 Å². The van der Waals surface area contributed by atoms with E-state index in [2.05, 4.69) is 27.0 Å². The highest BCUT2D eigenvalue weighted by atomic mass is 32.2. The molecule has 2 aromatic rings. The summed E-state index contributed by atoms with van der Waals surface area (Å²) in [5, 5.41) is 27.4. The van der Waals surface area contributed by atoms with Gasteiger partial charge in [0, 0.05) is 31.5 Å². The quantitative estimate of drug-likeness (QED) is 0.161. The molecule has 39 heavy (non-hydrogen) atoms. The second-order valence-electron chi connectivity index (χ2n) is 10.4. The number of likely N-dealkylation sites (tertiary alicyclic amines) is 1. The standard InChI is InChI=1S/C26H35N7O5S/c1-25(2,3)38-24(35)33-13-9-26(8-11-27,10-14-33)32-19-7-12-30-23(34)21(19)22(28)31-18-5-6-20(39(36)37)17(15-18)16-29-4/h5-7,12,15,29,39H,8-10,13-14,16H2,1-4H3,(H2,28,31)(H2,30,32,34). The number of H-pyrrole nitrogens is 1. The SMILES string of the molecule is CNCc1cc(NC(=N)c2c(NC3(CC#N)CCN(C(=O)OC(C)(C)C)CC3)cc[nH]c2=O)ccc1[SH](=O)=O. The summed E-state index contributed by atoms with van der Waals surface area (Å²) in [5.74, 6) is -0.202. The number of hydrogen-bond acceptors (Lipinski definition) is 9. The highest BCUT2D eigenvalue weighted by molar-refractivity contribution is 7.72. The zero-order valence-electron chi connectivity index (χ0n) is 22.5. The van der Waals surface area contributed by atoms with Gasteiger partial charge in [0.05, 0.1) is 28.6 Å². The molecule has 5 N–H and O–H groups in total. The van der Waals surface area contributed by atoms with Gasteiger partial charge in [-0.1, -0.05) is 0 Å². The largest absolute Gasteiger partial charge is 0.444 e. The van der Waals surface area contributed by atoms with E-state index in [0.717, 1.165) is 0 Å². The number of aromatic nitrogens is 1. The number of carbonyl (C=O) groups excluding carboxylic acids is 1. The second kappa shape index (κ2) is 12.3. The first-order valence-electron chi connectivity index (χ1n) is 12.5. The van der Waals surface area contributed by atoms with Gasteiger partial charge in [0.15, 0.2) is 10.7 Å². The third-order valence-electron chi connectivity index (χ3n) is 6.31. The van der Waals surface area contributed by atoms with Gasteiger partial charge in [-0.25, -0.2) is 13.2 Å². The number of amidine groups is 1. The molecule has 1 saturated heterocycles. The fourth-order valence-electron chi connectivity index (χ4n) is 4.44. The lowest BCUT2D eigenvalue weighted by atomic mass is 9.84. The van der Waals surface area contributed by atoms with Crippen LogP contribution in [-0.2, 0) is 22.0 Å². The van der Waals surface area contributed by atoms with Crippen molar-refractivity contribution in [3.63, 3.8) is 0 Å². The van der Waals surface area contributed by atoms with Crippen LogP contribution in [-0.4, -0.2) is 61.5 Å². The summed E-state index contributed by atoms with van der Waals surface area (Å²) in [5.41, 5.74) is -0.480. The molecular weight excluding hydrogens is 522 g/mol. The van der Waals surface area contributed by atoms with Crippen molar-refractivity contribution < 1.29 is 17.9 Å². The number of benzene rings is 1. The number of carbonyl (C=O) groups is 1. The number of aromatic amines is 1. The number of rotatable bonds is 8. The monoisotopic (exact) mass is 557 g/mol. The van der Waals surface area contributed by atoms with Gasteiger partial charge in [-0.05, 0) is 70.5 Å². The zero-order valence-corrected chi connectivity index (χ0v) is 23.4. The van der Waals surface area contributed by atoms with Crippen molar-refractivity contribution in [3.05, 3.63) is 51.9 Å². The summed E-state index contributed by atoms with van der Waals surface area (Å²) < 4.78 is 28.6. The molecule has 0 bridgehead atoms. The maximum atomic E-state index is 12.9. The molecule has 1 aliphatic heterocycles. The predicted octanol–water partition coefficient (Wildman–Crippen LogP) is 2.60. The molecule has 12 nitrogen and oxygen atoms in total. The molecule has 0 radical (unpaired) electrons. The molecule has 1 fully saturated rings.